The lowest BCUT2D eigenvalue weighted by atomic mass is 10.2. The van der Waals surface area contributed by atoms with E-state index in [9.17, 15) is 14.7 Å². The van der Waals surface area contributed by atoms with E-state index in [1.54, 1.807) is 46.1 Å². The average Bonchev–Trinajstić information content (AvgIpc) is 2.92. The van der Waals surface area contributed by atoms with E-state index in [0.29, 0.717) is 16.0 Å². The number of hydrogen-bond donors (Lipinski definition) is 1. The van der Waals surface area contributed by atoms with Crippen molar-refractivity contribution in [2.75, 3.05) is 13.7 Å². The van der Waals surface area contributed by atoms with Crippen LogP contribution in [0.3, 0.4) is 0 Å². The third-order valence-corrected chi connectivity index (χ3v) is 4.23. The Labute approximate surface area is 155 Å². The number of carboxylic acids is 1. The van der Waals surface area contributed by atoms with Gasteiger partial charge in [0.15, 0.2) is 0 Å². The predicted octanol–water partition coefficient (Wildman–Crippen LogP) is 3.30. The summed E-state index contributed by atoms with van der Waals surface area (Å²) in [6.45, 7) is 5.35. The van der Waals surface area contributed by atoms with Crippen molar-refractivity contribution in [3.8, 4) is 11.5 Å². The van der Waals surface area contributed by atoms with Crippen LogP contribution in [0.1, 0.15) is 27.2 Å². The zero-order valence-electron chi connectivity index (χ0n) is 14.6. The number of rotatable bonds is 4. The number of amides is 1. The minimum atomic E-state index is -1.08. The largest absolute Gasteiger partial charge is 0.497 e. The molecular formula is C17H22BrNO6. The minimum Gasteiger partial charge on any atom is -0.497 e. The zero-order chi connectivity index (χ0) is 18.8. The van der Waals surface area contributed by atoms with Crippen LogP contribution in [-0.2, 0) is 9.53 Å². The van der Waals surface area contributed by atoms with E-state index in [0.717, 1.165) is 0 Å². The van der Waals surface area contributed by atoms with E-state index in [1.165, 1.54) is 4.90 Å². The normalized spacial score (nSPS) is 20.3. The average molecular weight is 416 g/mol. The van der Waals surface area contributed by atoms with Gasteiger partial charge in [-0.3, -0.25) is 4.90 Å². The Kier molecular flexibility index (Phi) is 5.82. The Bertz CT molecular complexity index is 657. The summed E-state index contributed by atoms with van der Waals surface area (Å²) in [5, 5.41) is 9.41. The first-order valence-corrected chi connectivity index (χ1v) is 8.62. The van der Waals surface area contributed by atoms with Crippen molar-refractivity contribution in [3.05, 3.63) is 22.7 Å². The number of ether oxygens (including phenoxy) is 3. The number of carbonyl (C=O) groups is 2. The summed E-state index contributed by atoms with van der Waals surface area (Å²) in [6, 6.07) is 4.26. The molecule has 25 heavy (non-hydrogen) atoms. The molecule has 0 aliphatic carbocycles. The number of nitrogens with zero attached hydrogens (tertiary/aromatic N) is 1. The summed E-state index contributed by atoms with van der Waals surface area (Å²) in [4.78, 5) is 25.0. The van der Waals surface area contributed by atoms with E-state index in [1.807, 2.05) is 0 Å². The first-order valence-electron chi connectivity index (χ1n) is 7.83. The van der Waals surface area contributed by atoms with Gasteiger partial charge in [-0.1, -0.05) is 0 Å². The molecule has 0 unspecified atom stereocenters. The number of carbonyl (C=O) groups excluding carboxylic acids is 1. The summed E-state index contributed by atoms with van der Waals surface area (Å²) in [7, 11) is 1.56. The molecule has 1 aromatic rings. The summed E-state index contributed by atoms with van der Waals surface area (Å²) in [5.74, 6) is 0.149. The van der Waals surface area contributed by atoms with Gasteiger partial charge < -0.3 is 19.3 Å². The number of benzene rings is 1. The van der Waals surface area contributed by atoms with E-state index in [2.05, 4.69) is 15.9 Å². The monoisotopic (exact) mass is 415 g/mol. The molecule has 0 radical (unpaired) electrons. The molecule has 1 aliphatic rings. The highest BCUT2D eigenvalue weighted by atomic mass is 79.9. The lowest BCUT2D eigenvalue weighted by Gasteiger charge is -2.26. The topological polar surface area (TPSA) is 85.3 Å². The lowest BCUT2D eigenvalue weighted by molar-refractivity contribution is -0.142. The van der Waals surface area contributed by atoms with E-state index < -0.39 is 29.8 Å². The molecule has 1 aliphatic heterocycles. The lowest BCUT2D eigenvalue weighted by Crippen LogP contribution is -2.43. The Morgan fingerprint density at radius 3 is 2.52 bits per heavy atom. The van der Waals surface area contributed by atoms with Crippen LogP contribution in [0.4, 0.5) is 4.79 Å². The smallest absolute Gasteiger partial charge is 0.411 e. The molecule has 0 spiro atoms. The quantitative estimate of drug-likeness (QED) is 0.811. The van der Waals surface area contributed by atoms with Crippen LogP contribution in [-0.4, -0.2) is 53.5 Å². The van der Waals surface area contributed by atoms with Gasteiger partial charge in [0.2, 0.25) is 0 Å². The molecule has 1 heterocycles. The molecule has 7 nitrogen and oxygen atoms in total. The third-order valence-electron chi connectivity index (χ3n) is 3.61. The summed E-state index contributed by atoms with van der Waals surface area (Å²) < 4.78 is 17.0. The summed E-state index contributed by atoms with van der Waals surface area (Å²) in [5.41, 5.74) is -0.696. The fraction of sp³-hybridized carbons (Fsp3) is 0.529. The van der Waals surface area contributed by atoms with Crippen molar-refractivity contribution in [2.24, 2.45) is 0 Å². The van der Waals surface area contributed by atoms with Crippen molar-refractivity contribution < 1.29 is 28.9 Å². The second-order valence-electron chi connectivity index (χ2n) is 6.76. The van der Waals surface area contributed by atoms with E-state index >= 15 is 0 Å². The number of aliphatic carboxylic acids is 1. The van der Waals surface area contributed by atoms with Gasteiger partial charge in [-0.25, -0.2) is 9.59 Å². The second kappa shape index (κ2) is 7.51. The van der Waals surface area contributed by atoms with Crippen LogP contribution < -0.4 is 9.47 Å². The molecule has 8 heteroatoms. The molecule has 1 saturated heterocycles. The van der Waals surface area contributed by atoms with Gasteiger partial charge in [-0.05, 0) is 54.9 Å². The maximum absolute atomic E-state index is 12.3. The molecule has 0 aromatic heterocycles. The van der Waals surface area contributed by atoms with Crippen molar-refractivity contribution in [3.63, 3.8) is 0 Å². The van der Waals surface area contributed by atoms with Gasteiger partial charge in [-0.15, -0.1) is 0 Å². The van der Waals surface area contributed by atoms with E-state index in [4.69, 9.17) is 14.2 Å². The van der Waals surface area contributed by atoms with Crippen LogP contribution in [0, 0.1) is 0 Å². The minimum absolute atomic E-state index is 0.143. The third kappa shape index (κ3) is 5.01. The van der Waals surface area contributed by atoms with E-state index in [-0.39, 0.29) is 13.0 Å². The number of halogens is 1. The van der Waals surface area contributed by atoms with Gasteiger partial charge in [0.1, 0.15) is 29.2 Å². The molecule has 2 rings (SSSR count). The first kappa shape index (κ1) is 19.4. The first-order chi connectivity index (χ1) is 11.6. The predicted molar refractivity (Wildman–Crippen MR) is 94.1 cm³/mol. The van der Waals surface area contributed by atoms with Crippen LogP contribution in [0.5, 0.6) is 11.5 Å². The summed E-state index contributed by atoms with van der Waals surface area (Å²) >= 11 is 3.40. The Balaban J connectivity index is 2.11. The highest BCUT2D eigenvalue weighted by Gasteiger charge is 2.42. The Hall–Kier alpha value is -1.96. The number of likely N-dealkylation sites (tertiary alicyclic amines) is 1. The van der Waals surface area contributed by atoms with Gasteiger partial charge in [0.05, 0.1) is 18.1 Å². The van der Waals surface area contributed by atoms with Crippen molar-refractivity contribution >= 4 is 28.0 Å². The number of carboxylic acid groups (broad SMARTS) is 1. The van der Waals surface area contributed by atoms with Gasteiger partial charge in [-0.2, -0.15) is 0 Å². The Morgan fingerprint density at radius 2 is 2.00 bits per heavy atom. The fourth-order valence-corrected chi connectivity index (χ4v) is 2.97. The van der Waals surface area contributed by atoms with Crippen molar-refractivity contribution in [1.29, 1.82) is 0 Å². The van der Waals surface area contributed by atoms with Crippen LogP contribution in [0.15, 0.2) is 22.7 Å². The van der Waals surface area contributed by atoms with Crippen molar-refractivity contribution in [2.45, 2.75) is 44.9 Å². The Morgan fingerprint density at radius 1 is 1.32 bits per heavy atom. The molecular weight excluding hydrogens is 394 g/mol. The van der Waals surface area contributed by atoms with Gasteiger partial charge in [0, 0.05) is 6.42 Å². The molecule has 0 saturated carbocycles. The number of hydrogen-bond acceptors (Lipinski definition) is 5. The second-order valence-corrected chi connectivity index (χ2v) is 7.61. The van der Waals surface area contributed by atoms with Gasteiger partial charge >= 0.3 is 12.1 Å². The maximum atomic E-state index is 12.3. The summed E-state index contributed by atoms with van der Waals surface area (Å²) in [6.07, 6.45) is -0.911. The zero-order valence-corrected chi connectivity index (χ0v) is 16.2. The molecule has 2 atom stereocenters. The molecule has 1 fully saturated rings. The van der Waals surface area contributed by atoms with Crippen molar-refractivity contribution in [1.82, 2.24) is 4.90 Å². The molecule has 0 bridgehead atoms. The highest BCUT2D eigenvalue weighted by molar-refractivity contribution is 9.10. The molecule has 1 amide bonds. The molecule has 1 N–H and O–H groups in total. The van der Waals surface area contributed by atoms with Crippen LogP contribution in [0.25, 0.3) is 0 Å². The SMILES string of the molecule is COc1ccc(O[C@@H]2C[C@@H](C(=O)O)N(C(=O)OC(C)(C)C)C2)c(Br)c1. The fourth-order valence-electron chi connectivity index (χ4n) is 2.52. The number of methoxy groups -OCH3 is 1. The van der Waals surface area contributed by atoms with Gasteiger partial charge in [0.25, 0.3) is 0 Å². The highest BCUT2D eigenvalue weighted by Crippen LogP contribution is 2.32. The standard InChI is InChI=1S/C17H22BrNO6/c1-17(2,3)25-16(22)19-9-11(8-13(19)15(20)21)24-14-6-5-10(23-4)7-12(14)18/h5-7,11,13H,8-9H2,1-4H3,(H,20,21)/t11-,13+/m1/s1. The maximum Gasteiger partial charge on any atom is 0.411 e. The van der Waals surface area contributed by atoms with Crippen LogP contribution >= 0.6 is 15.9 Å². The van der Waals surface area contributed by atoms with Crippen LogP contribution in [0.2, 0.25) is 0 Å². The molecule has 1 aromatic carbocycles. The molecule has 138 valence electrons.